The van der Waals surface area contributed by atoms with Gasteiger partial charge in [0.1, 0.15) is 11.8 Å². The summed E-state index contributed by atoms with van der Waals surface area (Å²) in [6.07, 6.45) is -2.15. The molecule has 9 nitrogen and oxygen atoms in total. The minimum absolute atomic E-state index is 0.00193. The predicted molar refractivity (Wildman–Crippen MR) is 148 cm³/mol. The van der Waals surface area contributed by atoms with Crippen LogP contribution in [0.3, 0.4) is 0 Å². The Morgan fingerprint density at radius 3 is 2.05 bits per heavy atom. The summed E-state index contributed by atoms with van der Waals surface area (Å²) in [6, 6.07) is 20.7. The van der Waals surface area contributed by atoms with Crippen LogP contribution >= 0.6 is 7.29 Å². The number of benzene rings is 3. The number of halogens is 2. The topological polar surface area (TPSA) is 91.4 Å². The molecule has 3 aromatic carbocycles. The van der Waals surface area contributed by atoms with Gasteiger partial charge in [0.05, 0.1) is 25.9 Å². The summed E-state index contributed by atoms with van der Waals surface area (Å²) in [6.45, 7) is 1.17. The summed E-state index contributed by atoms with van der Waals surface area (Å²) in [4.78, 5) is 26.3. The van der Waals surface area contributed by atoms with E-state index in [1.807, 2.05) is 65.3 Å². The van der Waals surface area contributed by atoms with Crippen LogP contribution in [-0.2, 0) is 14.0 Å². The Bertz CT molecular complexity index is 1350. The highest BCUT2D eigenvalue weighted by molar-refractivity contribution is 7.76. The van der Waals surface area contributed by atoms with Gasteiger partial charge < -0.3 is 19.7 Å². The number of amides is 2. The molecule has 2 aliphatic rings. The molecule has 0 radical (unpaired) electrons. The Morgan fingerprint density at radius 1 is 0.975 bits per heavy atom. The van der Waals surface area contributed by atoms with E-state index in [0.29, 0.717) is 23.7 Å². The molecule has 0 aromatic heterocycles. The number of alkyl carbamates (subject to hydrolysis) is 1. The highest BCUT2D eigenvalue weighted by Crippen LogP contribution is 2.48. The fourth-order valence-electron chi connectivity index (χ4n) is 5.06. The molecule has 0 unspecified atom stereocenters. The smallest absolute Gasteiger partial charge is 0.414 e. The van der Waals surface area contributed by atoms with E-state index in [1.165, 1.54) is 7.11 Å². The fraction of sp³-hybridized carbons (Fsp3) is 0.286. The zero-order chi connectivity index (χ0) is 28.3. The van der Waals surface area contributed by atoms with E-state index in [-0.39, 0.29) is 37.6 Å². The van der Waals surface area contributed by atoms with Crippen LogP contribution in [-0.4, -0.2) is 69.3 Å². The number of nitrogens with zero attached hydrogens (tertiary/aromatic N) is 3. The summed E-state index contributed by atoms with van der Waals surface area (Å²) < 4.78 is 56.8. The summed E-state index contributed by atoms with van der Waals surface area (Å²) in [5.74, 6) is -1.64. The molecular formula is C28H29F2N4O5P. The third kappa shape index (κ3) is 5.39. The molecule has 0 spiro atoms. The first-order valence-electron chi connectivity index (χ1n) is 12.8. The number of carbonyl (C=O) groups is 2. The molecular weight excluding hydrogens is 541 g/mol. The molecule has 40 heavy (non-hydrogen) atoms. The molecule has 2 saturated heterocycles. The first-order valence-corrected chi connectivity index (χ1v) is 14.5. The van der Waals surface area contributed by atoms with E-state index in [9.17, 15) is 14.2 Å². The standard InChI is InChI=1S/C28H29F2N4O5P/c1-38-27(35)31-18-21-19-34(28(36)39-21)20-16-24(29)26(25(30)17-20)32-12-14-33(15-13-32)40(37,22-8-4-2-5-9-22)23-10-6-3-7-11-23/h2-11,16-17,21H,12-15,18-19H2,1H3,(H,31,35)/t21-/m0/s1. The van der Waals surface area contributed by atoms with Gasteiger partial charge in [-0.25, -0.2) is 23.0 Å². The number of anilines is 2. The Kier molecular flexibility index (Phi) is 8.04. The Labute approximate surface area is 230 Å². The van der Waals surface area contributed by atoms with Gasteiger partial charge in [-0.15, -0.1) is 0 Å². The van der Waals surface area contributed by atoms with E-state index in [1.54, 1.807) is 4.90 Å². The quantitative estimate of drug-likeness (QED) is 0.434. The second kappa shape index (κ2) is 11.7. The van der Waals surface area contributed by atoms with Crippen molar-refractivity contribution in [1.82, 2.24) is 9.99 Å². The average Bonchev–Trinajstić information content (AvgIpc) is 3.36. The van der Waals surface area contributed by atoms with Crippen molar-refractivity contribution >= 4 is 41.5 Å². The number of methoxy groups -OCH3 is 1. The number of carbonyl (C=O) groups excluding carboxylic acids is 2. The van der Waals surface area contributed by atoms with E-state index < -0.39 is 37.2 Å². The molecule has 2 fully saturated rings. The van der Waals surface area contributed by atoms with E-state index >= 15 is 8.78 Å². The maximum absolute atomic E-state index is 15.3. The van der Waals surface area contributed by atoms with Crippen molar-refractivity contribution in [3.63, 3.8) is 0 Å². The van der Waals surface area contributed by atoms with Gasteiger partial charge in [-0.3, -0.25) is 9.46 Å². The lowest BCUT2D eigenvalue weighted by molar-refractivity contribution is 0.132. The van der Waals surface area contributed by atoms with E-state index in [0.717, 1.165) is 17.0 Å². The van der Waals surface area contributed by atoms with Gasteiger partial charge in [0.25, 0.3) is 0 Å². The maximum Gasteiger partial charge on any atom is 0.414 e. The number of nitrogens with one attached hydrogen (secondary N) is 1. The maximum atomic E-state index is 15.3. The van der Waals surface area contributed by atoms with Crippen molar-refractivity contribution in [2.45, 2.75) is 6.10 Å². The number of rotatable bonds is 7. The molecule has 1 N–H and O–H groups in total. The lowest BCUT2D eigenvalue weighted by Crippen LogP contribution is -2.48. The Morgan fingerprint density at radius 2 is 1.52 bits per heavy atom. The molecule has 0 bridgehead atoms. The van der Waals surface area contributed by atoms with Crippen molar-refractivity contribution in [3.8, 4) is 0 Å². The number of piperazine rings is 1. The third-order valence-electron chi connectivity index (χ3n) is 7.03. The average molecular weight is 571 g/mol. The van der Waals surface area contributed by atoms with Gasteiger partial charge in [-0.05, 0) is 24.3 Å². The van der Waals surface area contributed by atoms with Crippen LogP contribution in [0.5, 0.6) is 0 Å². The summed E-state index contributed by atoms with van der Waals surface area (Å²) in [5.41, 5.74) is -0.185. The lowest BCUT2D eigenvalue weighted by Gasteiger charge is -2.40. The van der Waals surface area contributed by atoms with Gasteiger partial charge in [0.2, 0.25) is 7.29 Å². The lowest BCUT2D eigenvalue weighted by atomic mass is 10.2. The normalized spacial score (nSPS) is 18.0. The van der Waals surface area contributed by atoms with Crippen molar-refractivity contribution in [1.29, 1.82) is 0 Å². The minimum Gasteiger partial charge on any atom is -0.453 e. The Hall–Kier alpha value is -3.95. The monoisotopic (exact) mass is 570 g/mol. The van der Waals surface area contributed by atoms with Crippen molar-refractivity contribution in [3.05, 3.63) is 84.4 Å². The van der Waals surface area contributed by atoms with Gasteiger partial charge in [-0.1, -0.05) is 36.4 Å². The van der Waals surface area contributed by atoms with Crippen molar-refractivity contribution in [2.24, 2.45) is 0 Å². The van der Waals surface area contributed by atoms with Crippen LogP contribution in [0.15, 0.2) is 72.8 Å². The number of hydrogen-bond donors (Lipinski definition) is 1. The van der Waals surface area contributed by atoms with Gasteiger partial charge >= 0.3 is 12.2 Å². The summed E-state index contributed by atoms with van der Waals surface area (Å²) >= 11 is 0. The first kappa shape index (κ1) is 27.6. The van der Waals surface area contributed by atoms with Gasteiger partial charge in [0.15, 0.2) is 11.6 Å². The summed E-state index contributed by atoms with van der Waals surface area (Å²) in [5, 5.41) is 3.84. The molecule has 0 aliphatic carbocycles. The van der Waals surface area contributed by atoms with Crippen LogP contribution in [0, 0.1) is 11.6 Å². The van der Waals surface area contributed by atoms with Crippen LogP contribution < -0.4 is 25.7 Å². The third-order valence-corrected chi connectivity index (χ3v) is 10.2. The van der Waals surface area contributed by atoms with Crippen LogP contribution in [0.1, 0.15) is 0 Å². The van der Waals surface area contributed by atoms with E-state index in [2.05, 4.69) is 10.1 Å². The molecule has 3 aromatic rings. The molecule has 210 valence electrons. The SMILES string of the molecule is COC(=O)NC[C@H]1CN(c2cc(F)c(N3CCN(P(=O)(c4ccccc4)c4ccccc4)CC3)c(F)c2)C(=O)O1. The molecule has 2 aliphatic heterocycles. The largest absolute Gasteiger partial charge is 0.453 e. The molecule has 5 rings (SSSR count). The zero-order valence-corrected chi connectivity index (χ0v) is 22.7. The number of cyclic esters (lactones) is 1. The summed E-state index contributed by atoms with van der Waals surface area (Å²) in [7, 11) is -1.95. The molecule has 2 amide bonds. The Balaban J connectivity index is 1.31. The fourth-order valence-corrected chi connectivity index (χ4v) is 7.90. The van der Waals surface area contributed by atoms with Crippen LogP contribution in [0.2, 0.25) is 0 Å². The highest BCUT2D eigenvalue weighted by Gasteiger charge is 2.38. The number of hydrogen-bond acceptors (Lipinski definition) is 6. The second-order valence-electron chi connectivity index (χ2n) is 9.43. The van der Waals surface area contributed by atoms with E-state index in [4.69, 9.17) is 4.74 Å². The molecule has 0 saturated carbocycles. The van der Waals surface area contributed by atoms with Crippen molar-refractivity contribution in [2.75, 3.05) is 56.2 Å². The predicted octanol–water partition coefficient (Wildman–Crippen LogP) is 3.70. The van der Waals surface area contributed by atoms with Gasteiger partial charge in [-0.2, -0.15) is 0 Å². The van der Waals surface area contributed by atoms with Crippen molar-refractivity contribution < 1.29 is 32.4 Å². The zero-order valence-electron chi connectivity index (χ0n) is 21.8. The molecule has 2 heterocycles. The van der Waals surface area contributed by atoms with Gasteiger partial charge in [0, 0.05) is 48.9 Å². The van der Waals surface area contributed by atoms with Crippen LogP contribution in [0.25, 0.3) is 0 Å². The molecule has 12 heteroatoms. The number of ether oxygens (including phenoxy) is 2. The van der Waals surface area contributed by atoms with Crippen LogP contribution in [0.4, 0.5) is 29.7 Å². The minimum atomic E-state index is -3.16. The molecule has 1 atom stereocenters. The second-order valence-corrected chi connectivity index (χ2v) is 12.2. The highest BCUT2D eigenvalue weighted by atomic mass is 31.2. The first-order chi connectivity index (χ1) is 19.3.